The van der Waals surface area contributed by atoms with E-state index in [9.17, 15) is 13.9 Å². The molecule has 2 atom stereocenters. The molecule has 1 aromatic carbocycles. The summed E-state index contributed by atoms with van der Waals surface area (Å²) in [6.45, 7) is 0. The molecule has 0 radical (unpaired) electrons. The number of nitrogens with two attached hydrogens (primary N) is 1. The Labute approximate surface area is 80.4 Å². The fraction of sp³-hybridized carbons (Fsp3) is 0.400. The van der Waals surface area contributed by atoms with Crippen molar-refractivity contribution in [1.29, 1.82) is 0 Å². The Hall–Kier alpha value is -1.00. The molecule has 1 aromatic rings. The first-order valence-corrected chi connectivity index (χ1v) is 4.51. The van der Waals surface area contributed by atoms with Crippen molar-refractivity contribution < 1.29 is 13.9 Å². The van der Waals surface area contributed by atoms with E-state index in [2.05, 4.69) is 0 Å². The highest BCUT2D eigenvalue weighted by Crippen LogP contribution is 2.31. The molecule has 0 saturated carbocycles. The van der Waals surface area contributed by atoms with Crippen LogP contribution < -0.4 is 5.73 Å². The predicted octanol–water partition coefficient (Wildman–Crippen LogP) is 1.27. The number of benzene rings is 1. The normalized spacial score (nSPS) is 26.0. The standard InChI is InChI=1S/C10H11F2NO/c11-6-3-5-1-2-8(13)10(14)9(5)7(12)4-6/h3-4,8,10,14H,1-2,13H2/t8-,10-/m1/s1. The number of rotatable bonds is 0. The number of aliphatic hydroxyl groups excluding tert-OH is 1. The van der Waals surface area contributed by atoms with Gasteiger partial charge in [0.1, 0.15) is 11.6 Å². The molecule has 0 aliphatic heterocycles. The van der Waals surface area contributed by atoms with E-state index >= 15 is 0 Å². The van der Waals surface area contributed by atoms with Crippen molar-refractivity contribution in [2.24, 2.45) is 5.73 Å². The van der Waals surface area contributed by atoms with Crippen molar-refractivity contribution in [1.82, 2.24) is 0 Å². The number of aliphatic hydroxyl groups is 1. The Morgan fingerprint density at radius 2 is 2.07 bits per heavy atom. The van der Waals surface area contributed by atoms with Gasteiger partial charge in [-0.25, -0.2) is 8.78 Å². The maximum absolute atomic E-state index is 13.3. The zero-order chi connectivity index (χ0) is 10.3. The van der Waals surface area contributed by atoms with E-state index in [0.29, 0.717) is 18.4 Å². The van der Waals surface area contributed by atoms with Crippen LogP contribution in [-0.4, -0.2) is 11.1 Å². The zero-order valence-corrected chi connectivity index (χ0v) is 7.50. The second-order valence-electron chi connectivity index (χ2n) is 3.61. The highest BCUT2D eigenvalue weighted by Gasteiger charge is 2.28. The van der Waals surface area contributed by atoms with Crippen molar-refractivity contribution in [3.63, 3.8) is 0 Å². The molecule has 0 spiro atoms. The summed E-state index contributed by atoms with van der Waals surface area (Å²) in [5, 5.41) is 9.61. The van der Waals surface area contributed by atoms with Crippen LogP contribution in [0.5, 0.6) is 0 Å². The number of halogens is 2. The van der Waals surface area contributed by atoms with Crippen molar-refractivity contribution >= 4 is 0 Å². The van der Waals surface area contributed by atoms with Crippen molar-refractivity contribution in [3.05, 3.63) is 34.9 Å². The quantitative estimate of drug-likeness (QED) is 0.661. The lowest BCUT2D eigenvalue weighted by molar-refractivity contribution is 0.129. The van der Waals surface area contributed by atoms with Gasteiger partial charge in [-0.05, 0) is 24.5 Å². The van der Waals surface area contributed by atoms with E-state index in [0.717, 1.165) is 6.07 Å². The van der Waals surface area contributed by atoms with E-state index in [-0.39, 0.29) is 5.56 Å². The maximum Gasteiger partial charge on any atom is 0.132 e. The van der Waals surface area contributed by atoms with Crippen LogP contribution in [0.2, 0.25) is 0 Å². The summed E-state index contributed by atoms with van der Waals surface area (Å²) in [5.41, 5.74) is 6.27. The fourth-order valence-corrected chi connectivity index (χ4v) is 1.87. The van der Waals surface area contributed by atoms with Crippen molar-refractivity contribution in [2.75, 3.05) is 0 Å². The average Bonchev–Trinajstić information content (AvgIpc) is 2.10. The Morgan fingerprint density at radius 1 is 1.36 bits per heavy atom. The van der Waals surface area contributed by atoms with E-state index in [1.807, 2.05) is 0 Å². The highest BCUT2D eigenvalue weighted by molar-refractivity contribution is 5.34. The van der Waals surface area contributed by atoms with Crippen molar-refractivity contribution in [2.45, 2.75) is 25.0 Å². The lowest BCUT2D eigenvalue weighted by atomic mass is 9.86. The number of hydrogen-bond donors (Lipinski definition) is 2. The monoisotopic (exact) mass is 199 g/mol. The minimum Gasteiger partial charge on any atom is -0.387 e. The van der Waals surface area contributed by atoms with Crippen LogP contribution in [0.3, 0.4) is 0 Å². The number of hydrogen-bond acceptors (Lipinski definition) is 2. The Balaban J connectivity index is 2.54. The van der Waals surface area contributed by atoms with Gasteiger partial charge in [0, 0.05) is 17.7 Å². The highest BCUT2D eigenvalue weighted by atomic mass is 19.1. The molecule has 3 N–H and O–H groups in total. The smallest absolute Gasteiger partial charge is 0.132 e. The third kappa shape index (κ3) is 1.40. The maximum atomic E-state index is 13.3. The largest absolute Gasteiger partial charge is 0.387 e. The molecule has 1 aliphatic rings. The molecule has 1 aliphatic carbocycles. The molecule has 2 rings (SSSR count). The molecule has 0 unspecified atom stereocenters. The molecule has 4 heteroatoms. The number of fused-ring (bicyclic) bond motifs is 1. The molecule has 0 fully saturated rings. The zero-order valence-electron chi connectivity index (χ0n) is 7.50. The van der Waals surface area contributed by atoms with Crippen LogP contribution in [0.15, 0.2) is 12.1 Å². The van der Waals surface area contributed by atoms with Gasteiger partial charge in [0.25, 0.3) is 0 Å². The first kappa shape index (κ1) is 9.55. The molecule has 14 heavy (non-hydrogen) atoms. The van der Waals surface area contributed by atoms with Gasteiger partial charge in [-0.1, -0.05) is 0 Å². The molecule has 0 heterocycles. The summed E-state index contributed by atoms with van der Waals surface area (Å²) in [7, 11) is 0. The van der Waals surface area contributed by atoms with Gasteiger partial charge in [0.15, 0.2) is 0 Å². The van der Waals surface area contributed by atoms with Crippen LogP contribution in [0.25, 0.3) is 0 Å². The summed E-state index contributed by atoms with van der Waals surface area (Å²) in [6.07, 6.45) is 0.0543. The van der Waals surface area contributed by atoms with Crippen LogP contribution in [0, 0.1) is 11.6 Å². The lowest BCUT2D eigenvalue weighted by Gasteiger charge is -2.27. The van der Waals surface area contributed by atoms with Gasteiger partial charge >= 0.3 is 0 Å². The van der Waals surface area contributed by atoms with Crippen LogP contribution >= 0.6 is 0 Å². The van der Waals surface area contributed by atoms with E-state index in [4.69, 9.17) is 5.73 Å². The fourth-order valence-electron chi connectivity index (χ4n) is 1.87. The topological polar surface area (TPSA) is 46.2 Å². The Kier molecular flexibility index (Phi) is 2.25. The summed E-state index contributed by atoms with van der Waals surface area (Å²) >= 11 is 0. The molecule has 76 valence electrons. The average molecular weight is 199 g/mol. The SMILES string of the molecule is N[C@@H]1CCc2cc(F)cc(F)c2[C@@H]1O. The summed E-state index contributed by atoms with van der Waals surface area (Å²) in [4.78, 5) is 0. The molecule has 0 aromatic heterocycles. The molecular formula is C10H11F2NO. The summed E-state index contributed by atoms with van der Waals surface area (Å²) in [5.74, 6) is -1.31. The van der Waals surface area contributed by atoms with Gasteiger partial charge in [0.2, 0.25) is 0 Å². The summed E-state index contributed by atoms with van der Waals surface area (Å²) < 4.78 is 26.1. The minimum atomic E-state index is -1.01. The predicted molar refractivity (Wildman–Crippen MR) is 47.6 cm³/mol. The first-order valence-electron chi connectivity index (χ1n) is 4.51. The van der Waals surface area contributed by atoms with Gasteiger partial charge in [0.05, 0.1) is 6.10 Å². The summed E-state index contributed by atoms with van der Waals surface area (Å²) in [6, 6.07) is 1.58. The molecule has 0 bridgehead atoms. The third-order valence-electron chi connectivity index (χ3n) is 2.63. The van der Waals surface area contributed by atoms with E-state index in [1.54, 1.807) is 0 Å². The molecule has 2 nitrogen and oxygen atoms in total. The lowest BCUT2D eigenvalue weighted by Crippen LogP contribution is -2.33. The molecular weight excluding hydrogens is 188 g/mol. The Bertz CT molecular complexity index is 367. The third-order valence-corrected chi connectivity index (χ3v) is 2.63. The van der Waals surface area contributed by atoms with Gasteiger partial charge in [-0.3, -0.25) is 0 Å². The van der Waals surface area contributed by atoms with E-state index < -0.39 is 23.8 Å². The van der Waals surface area contributed by atoms with Gasteiger partial charge in [-0.2, -0.15) is 0 Å². The van der Waals surface area contributed by atoms with Gasteiger partial charge < -0.3 is 10.8 Å². The van der Waals surface area contributed by atoms with E-state index in [1.165, 1.54) is 6.07 Å². The second-order valence-corrected chi connectivity index (χ2v) is 3.61. The van der Waals surface area contributed by atoms with Crippen LogP contribution in [-0.2, 0) is 6.42 Å². The first-order chi connectivity index (χ1) is 6.59. The van der Waals surface area contributed by atoms with Gasteiger partial charge in [-0.15, -0.1) is 0 Å². The van der Waals surface area contributed by atoms with Crippen LogP contribution in [0.4, 0.5) is 8.78 Å². The molecule has 0 saturated heterocycles. The second kappa shape index (κ2) is 3.29. The van der Waals surface area contributed by atoms with Crippen LogP contribution in [0.1, 0.15) is 23.7 Å². The number of aryl methyl sites for hydroxylation is 1. The Morgan fingerprint density at radius 3 is 2.79 bits per heavy atom. The molecule has 0 amide bonds. The van der Waals surface area contributed by atoms with Crippen molar-refractivity contribution in [3.8, 4) is 0 Å². The minimum absolute atomic E-state index is 0.158.